The number of thioether (sulfide) groups is 1. The van der Waals surface area contributed by atoms with Crippen LogP contribution >= 0.6 is 23.1 Å². The van der Waals surface area contributed by atoms with Crippen LogP contribution in [0.1, 0.15) is 15.5 Å². The SMILES string of the molecule is NNC(=O)c1nc(CSc2nc(N)cc(=O)[nH]2)cs1. The standard InChI is InChI=1S/C9H10N6O2S2/c10-5-1-6(16)14-9(13-5)19-3-4-2-18-8(12-4)7(17)15-11/h1-2H,3,11H2,(H,15,17)(H3,10,13,14,16). The highest BCUT2D eigenvalue weighted by Gasteiger charge is 2.10. The Hall–Kier alpha value is -1.91. The third-order valence-electron chi connectivity index (χ3n) is 1.97. The first-order valence-electron chi connectivity index (χ1n) is 5.03. The van der Waals surface area contributed by atoms with Gasteiger partial charge in [-0.3, -0.25) is 15.0 Å². The summed E-state index contributed by atoms with van der Waals surface area (Å²) in [6.07, 6.45) is 0. The van der Waals surface area contributed by atoms with Crippen molar-refractivity contribution >= 4 is 34.8 Å². The topological polar surface area (TPSA) is 140 Å². The van der Waals surface area contributed by atoms with Crippen LogP contribution in [-0.2, 0) is 5.75 Å². The van der Waals surface area contributed by atoms with Crippen LogP contribution < -0.4 is 22.6 Å². The number of carbonyl (C=O) groups is 1. The summed E-state index contributed by atoms with van der Waals surface area (Å²) < 4.78 is 0. The molecule has 100 valence electrons. The average Bonchev–Trinajstić information content (AvgIpc) is 2.83. The quantitative estimate of drug-likeness (QED) is 0.200. The molecule has 10 heteroatoms. The zero-order valence-electron chi connectivity index (χ0n) is 9.54. The van der Waals surface area contributed by atoms with Crippen LogP contribution in [0.25, 0.3) is 0 Å². The van der Waals surface area contributed by atoms with Crippen molar-refractivity contribution in [2.24, 2.45) is 5.84 Å². The van der Waals surface area contributed by atoms with E-state index in [0.29, 0.717) is 16.6 Å². The van der Waals surface area contributed by atoms with Gasteiger partial charge in [0.25, 0.3) is 11.5 Å². The van der Waals surface area contributed by atoms with E-state index in [0.717, 1.165) is 0 Å². The Balaban J connectivity index is 2.04. The van der Waals surface area contributed by atoms with Gasteiger partial charge in [0.1, 0.15) is 5.82 Å². The third-order valence-corrected chi connectivity index (χ3v) is 3.77. The van der Waals surface area contributed by atoms with E-state index in [-0.39, 0.29) is 16.4 Å². The van der Waals surface area contributed by atoms with Crippen molar-refractivity contribution in [2.45, 2.75) is 10.9 Å². The van der Waals surface area contributed by atoms with Crippen LogP contribution in [0.3, 0.4) is 0 Å². The fourth-order valence-electron chi connectivity index (χ4n) is 1.20. The van der Waals surface area contributed by atoms with Crippen LogP contribution in [0.4, 0.5) is 5.82 Å². The second-order valence-corrected chi connectivity index (χ2v) is 5.20. The molecule has 2 rings (SSSR count). The number of aromatic nitrogens is 3. The van der Waals surface area contributed by atoms with Gasteiger partial charge in [-0.25, -0.2) is 15.8 Å². The largest absolute Gasteiger partial charge is 0.383 e. The highest BCUT2D eigenvalue weighted by molar-refractivity contribution is 7.98. The summed E-state index contributed by atoms with van der Waals surface area (Å²) in [6.45, 7) is 0. The lowest BCUT2D eigenvalue weighted by atomic mass is 10.5. The number of nitrogen functional groups attached to an aromatic ring is 2. The average molecular weight is 298 g/mol. The highest BCUT2D eigenvalue weighted by atomic mass is 32.2. The second kappa shape index (κ2) is 5.82. The van der Waals surface area contributed by atoms with E-state index in [4.69, 9.17) is 11.6 Å². The fraction of sp³-hybridized carbons (Fsp3) is 0.111. The van der Waals surface area contributed by atoms with Crippen molar-refractivity contribution in [3.05, 3.63) is 32.5 Å². The van der Waals surface area contributed by atoms with Gasteiger partial charge in [-0.15, -0.1) is 11.3 Å². The first kappa shape index (κ1) is 13.5. The van der Waals surface area contributed by atoms with Crippen LogP contribution in [0.5, 0.6) is 0 Å². The molecule has 0 bridgehead atoms. The summed E-state index contributed by atoms with van der Waals surface area (Å²) in [5.74, 6) is 5.20. The molecule has 0 unspecified atom stereocenters. The van der Waals surface area contributed by atoms with Crippen LogP contribution in [0.2, 0.25) is 0 Å². The van der Waals surface area contributed by atoms with Crippen molar-refractivity contribution in [1.29, 1.82) is 0 Å². The molecule has 2 aromatic heterocycles. The number of H-pyrrole nitrogens is 1. The Morgan fingerprint density at radius 3 is 3.00 bits per heavy atom. The van der Waals surface area contributed by atoms with E-state index in [1.165, 1.54) is 29.2 Å². The lowest BCUT2D eigenvalue weighted by Gasteiger charge is -1.99. The molecule has 0 aliphatic rings. The Bertz CT molecular complexity index is 652. The van der Waals surface area contributed by atoms with Crippen molar-refractivity contribution in [3.8, 4) is 0 Å². The van der Waals surface area contributed by atoms with Crippen molar-refractivity contribution < 1.29 is 4.79 Å². The summed E-state index contributed by atoms with van der Waals surface area (Å²) in [7, 11) is 0. The smallest absolute Gasteiger partial charge is 0.294 e. The number of hydrogen-bond donors (Lipinski definition) is 4. The molecule has 6 N–H and O–H groups in total. The number of rotatable bonds is 4. The van der Waals surface area contributed by atoms with Crippen LogP contribution in [0, 0.1) is 0 Å². The number of amides is 1. The van der Waals surface area contributed by atoms with E-state index in [9.17, 15) is 9.59 Å². The maximum absolute atomic E-state index is 11.2. The molecule has 0 aliphatic carbocycles. The third kappa shape index (κ3) is 3.53. The summed E-state index contributed by atoms with van der Waals surface area (Å²) in [5.41, 5.74) is 7.86. The first-order chi connectivity index (χ1) is 9.08. The molecule has 2 heterocycles. The van der Waals surface area contributed by atoms with Gasteiger partial charge in [0.2, 0.25) is 0 Å². The number of carbonyl (C=O) groups excluding carboxylic acids is 1. The Kier molecular flexibility index (Phi) is 4.14. The summed E-state index contributed by atoms with van der Waals surface area (Å²) in [5, 5.41) is 2.43. The Morgan fingerprint density at radius 2 is 2.32 bits per heavy atom. The number of anilines is 1. The molecule has 8 nitrogen and oxygen atoms in total. The van der Waals surface area contributed by atoms with Crippen LogP contribution in [-0.4, -0.2) is 20.9 Å². The van der Waals surface area contributed by atoms with Gasteiger partial charge in [-0.05, 0) is 0 Å². The van der Waals surface area contributed by atoms with Gasteiger partial charge in [0, 0.05) is 17.2 Å². The molecule has 0 aliphatic heterocycles. The number of aromatic amines is 1. The number of nitrogens with one attached hydrogen (secondary N) is 2. The number of hydrazine groups is 1. The number of nitrogens with two attached hydrogens (primary N) is 2. The molecule has 0 aromatic carbocycles. The zero-order valence-corrected chi connectivity index (χ0v) is 11.2. The monoisotopic (exact) mass is 298 g/mol. The van der Waals surface area contributed by atoms with Gasteiger partial charge in [-0.2, -0.15) is 0 Å². The Labute approximate surface area is 115 Å². The molecule has 2 aromatic rings. The van der Waals surface area contributed by atoms with Gasteiger partial charge < -0.3 is 10.7 Å². The molecule has 0 radical (unpaired) electrons. The van der Waals surface area contributed by atoms with Crippen LogP contribution in [0.15, 0.2) is 21.4 Å². The summed E-state index contributed by atoms with van der Waals surface area (Å²) in [6, 6.07) is 1.20. The van der Waals surface area contributed by atoms with E-state index in [1.54, 1.807) is 5.38 Å². The predicted molar refractivity (Wildman–Crippen MR) is 72.6 cm³/mol. The molecular formula is C9H10N6O2S2. The Morgan fingerprint density at radius 1 is 1.53 bits per heavy atom. The number of nitrogens with zero attached hydrogens (tertiary/aromatic N) is 2. The summed E-state index contributed by atoms with van der Waals surface area (Å²) >= 11 is 2.46. The second-order valence-electron chi connectivity index (χ2n) is 3.38. The lowest BCUT2D eigenvalue weighted by Crippen LogP contribution is -2.29. The van der Waals surface area contributed by atoms with Gasteiger partial charge >= 0.3 is 0 Å². The molecule has 0 saturated carbocycles. The minimum atomic E-state index is -0.434. The lowest BCUT2D eigenvalue weighted by molar-refractivity contribution is 0.0953. The number of hydrogen-bond acceptors (Lipinski definition) is 8. The van der Waals surface area contributed by atoms with E-state index < -0.39 is 5.91 Å². The van der Waals surface area contributed by atoms with Gasteiger partial charge in [0.05, 0.1) is 5.69 Å². The van der Waals surface area contributed by atoms with E-state index in [1.807, 2.05) is 5.43 Å². The molecule has 0 fully saturated rings. The van der Waals surface area contributed by atoms with Crippen molar-refractivity contribution in [2.75, 3.05) is 5.73 Å². The zero-order chi connectivity index (χ0) is 13.8. The van der Waals surface area contributed by atoms with E-state index in [2.05, 4.69) is 15.0 Å². The molecular weight excluding hydrogens is 288 g/mol. The highest BCUT2D eigenvalue weighted by Crippen LogP contribution is 2.20. The predicted octanol–water partition coefficient (Wildman–Crippen LogP) is -0.296. The van der Waals surface area contributed by atoms with E-state index >= 15 is 0 Å². The van der Waals surface area contributed by atoms with Gasteiger partial charge in [-0.1, -0.05) is 11.8 Å². The first-order valence-corrected chi connectivity index (χ1v) is 6.90. The summed E-state index contributed by atoms with van der Waals surface area (Å²) in [4.78, 5) is 33.0. The maximum Gasteiger partial charge on any atom is 0.294 e. The normalized spacial score (nSPS) is 10.4. The minimum absolute atomic E-state index is 0.160. The molecule has 19 heavy (non-hydrogen) atoms. The van der Waals surface area contributed by atoms with Crippen molar-refractivity contribution in [1.82, 2.24) is 20.4 Å². The maximum atomic E-state index is 11.2. The fourth-order valence-corrected chi connectivity index (χ4v) is 2.80. The minimum Gasteiger partial charge on any atom is -0.383 e. The molecule has 0 spiro atoms. The number of thiazole rings is 1. The van der Waals surface area contributed by atoms with Gasteiger partial charge in [0.15, 0.2) is 10.2 Å². The molecule has 0 saturated heterocycles. The van der Waals surface area contributed by atoms with Crippen molar-refractivity contribution in [3.63, 3.8) is 0 Å². The molecule has 0 atom stereocenters. The molecule has 1 amide bonds.